The van der Waals surface area contributed by atoms with Gasteiger partial charge in [0.05, 0.1) is 0 Å². The van der Waals surface area contributed by atoms with Crippen molar-refractivity contribution in [3.63, 3.8) is 0 Å². The summed E-state index contributed by atoms with van der Waals surface area (Å²) >= 11 is 0. The summed E-state index contributed by atoms with van der Waals surface area (Å²) in [7, 11) is 0. The Morgan fingerprint density at radius 1 is 0.625 bits per heavy atom. The standard InChI is InChI=1S/C22H42O2/c1-2-3-4-5-6-7-8-9-10-11-12-13-14-15-16-17-18-19-20-21-22(23)24/h9-10H,2-8,11-21H2,1H3,(H,23,24)/b10-9+. The third kappa shape index (κ3) is 21.2. The molecule has 24 heavy (non-hydrogen) atoms. The van der Waals surface area contributed by atoms with Crippen LogP contribution in [-0.2, 0) is 4.79 Å². The van der Waals surface area contributed by atoms with Crippen LogP contribution in [0.1, 0.15) is 122 Å². The average molecular weight is 339 g/mol. The van der Waals surface area contributed by atoms with E-state index in [2.05, 4.69) is 19.1 Å². The van der Waals surface area contributed by atoms with E-state index in [1.807, 2.05) is 0 Å². The molecule has 0 aromatic rings. The summed E-state index contributed by atoms with van der Waals surface area (Å²) in [5.41, 5.74) is 0. The van der Waals surface area contributed by atoms with Crippen LogP contribution in [0.15, 0.2) is 12.2 Å². The summed E-state index contributed by atoms with van der Waals surface area (Å²) in [6, 6.07) is 0. The fourth-order valence-corrected chi connectivity index (χ4v) is 3.05. The zero-order chi connectivity index (χ0) is 17.7. The molecule has 0 radical (unpaired) electrons. The molecule has 0 saturated carbocycles. The second-order valence-electron chi connectivity index (χ2n) is 7.14. The Labute approximate surface area is 151 Å². The van der Waals surface area contributed by atoms with Crippen LogP contribution in [0.25, 0.3) is 0 Å². The third-order valence-corrected chi connectivity index (χ3v) is 4.65. The van der Waals surface area contributed by atoms with Gasteiger partial charge in [-0.15, -0.1) is 0 Å². The van der Waals surface area contributed by atoms with E-state index in [0.29, 0.717) is 6.42 Å². The van der Waals surface area contributed by atoms with E-state index in [1.54, 1.807) is 0 Å². The second-order valence-corrected chi connectivity index (χ2v) is 7.14. The molecule has 0 bridgehead atoms. The lowest BCUT2D eigenvalue weighted by molar-refractivity contribution is -0.137. The van der Waals surface area contributed by atoms with Gasteiger partial charge in [-0.05, 0) is 32.1 Å². The van der Waals surface area contributed by atoms with E-state index < -0.39 is 5.97 Å². The second kappa shape index (κ2) is 20.3. The van der Waals surface area contributed by atoms with Crippen molar-refractivity contribution < 1.29 is 9.90 Å². The van der Waals surface area contributed by atoms with Gasteiger partial charge in [-0.3, -0.25) is 4.79 Å². The molecule has 0 amide bonds. The van der Waals surface area contributed by atoms with Gasteiger partial charge in [-0.1, -0.05) is 96.1 Å². The Kier molecular flexibility index (Phi) is 19.6. The summed E-state index contributed by atoms with van der Waals surface area (Å²) < 4.78 is 0. The normalized spacial score (nSPS) is 11.4. The number of unbranched alkanes of at least 4 members (excludes halogenated alkanes) is 15. The molecule has 2 heteroatoms. The van der Waals surface area contributed by atoms with E-state index in [4.69, 9.17) is 5.11 Å². The number of rotatable bonds is 19. The lowest BCUT2D eigenvalue weighted by atomic mass is 10.1. The Balaban J connectivity index is 3.06. The van der Waals surface area contributed by atoms with Gasteiger partial charge < -0.3 is 5.11 Å². The summed E-state index contributed by atoms with van der Waals surface area (Å²) in [5.74, 6) is -0.656. The topological polar surface area (TPSA) is 37.3 Å². The molecule has 0 heterocycles. The van der Waals surface area contributed by atoms with E-state index in [0.717, 1.165) is 12.8 Å². The minimum Gasteiger partial charge on any atom is -0.481 e. The fraction of sp³-hybridized carbons (Fsp3) is 0.864. The first-order valence-corrected chi connectivity index (χ1v) is 10.6. The maximum Gasteiger partial charge on any atom is 0.303 e. The molecule has 2 nitrogen and oxygen atoms in total. The molecular formula is C22H42O2. The molecule has 0 aliphatic heterocycles. The number of carboxylic acids is 1. The molecule has 0 aromatic heterocycles. The number of carbonyl (C=O) groups is 1. The van der Waals surface area contributed by atoms with E-state index >= 15 is 0 Å². The predicted molar refractivity (Wildman–Crippen MR) is 106 cm³/mol. The van der Waals surface area contributed by atoms with Crippen LogP contribution < -0.4 is 0 Å². The van der Waals surface area contributed by atoms with Gasteiger partial charge in [-0.2, -0.15) is 0 Å². The molecule has 0 spiro atoms. The van der Waals surface area contributed by atoms with Crippen molar-refractivity contribution in [2.75, 3.05) is 0 Å². The largest absolute Gasteiger partial charge is 0.481 e. The van der Waals surface area contributed by atoms with E-state index in [1.165, 1.54) is 96.3 Å². The van der Waals surface area contributed by atoms with Gasteiger partial charge in [0.1, 0.15) is 0 Å². The van der Waals surface area contributed by atoms with Gasteiger partial charge in [0.25, 0.3) is 0 Å². The highest BCUT2D eigenvalue weighted by atomic mass is 16.4. The number of carboxylic acid groups (broad SMARTS) is 1. The Morgan fingerprint density at radius 3 is 1.42 bits per heavy atom. The number of aliphatic carboxylic acids is 1. The monoisotopic (exact) mass is 338 g/mol. The first-order valence-electron chi connectivity index (χ1n) is 10.6. The van der Waals surface area contributed by atoms with Crippen molar-refractivity contribution >= 4 is 5.97 Å². The SMILES string of the molecule is CCCCCCCC/C=C/CCCCCCCCCCCC(=O)O. The van der Waals surface area contributed by atoms with Crippen molar-refractivity contribution in [3.8, 4) is 0 Å². The number of allylic oxidation sites excluding steroid dienone is 2. The molecule has 0 unspecified atom stereocenters. The fourth-order valence-electron chi connectivity index (χ4n) is 3.05. The number of hydrogen-bond donors (Lipinski definition) is 1. The highest BCUT2D eigenvalue weighted by molar-refractivity contribution is 5.66. The van der Waals surface area contributed by atoms with Crippen LogP contribution in [0.5, 0.6) is 0 Å². The maximum absolute atomic E-state index is 10.4. The Morgan fingerprint density at radius 2 is 1.00 bits per heavy atom. The smallest absolute Gasteiger partial charge is 0.303 e. The zero-order valence-corrected chi connectivity index (χ0v) is 16.2. The van der Waals surface area contributed by atoms with Crippen LogP contribution >= 0.6 is 0 Å². The van der Waals surface area contributed by atoms with Crippen LogP contribution in [-0.4, -0.2) is 11.1 Å². The summed E-state index contributed by atoms with van der Waals surface area (Å²) in [5, 5.41) is 8.55. The molecule has 0 saturated heterocycles. The van der Waals surface area contributed by atoms with Crippen LogP contribution in [0.2, 0.25) is 0 Å². The van der Waals surface area contributed by atoms with Gasteiger partial charge in [0, 0.05) is 6.42 Å². The molecule has 0 aliphatic carbocycles. The summed E-state index contributed by atoms with van der Waals surface area (Å²) in [4.78, 5) is 10.4. The van der Waals surface area contributed by atoms with Crippen LogP contribution in [0.4, 0.5) is 0 Å². The predicted octanol–water partition coefficient (Wildman–Crippen LogP) is 7.67. The molecular weight excluding hydrogens is 296 g/mol. The molecule has 142 valence electrons. The zero-order valence-electron chi connectivity index (χ0n) is 16.2. The van der Waals surface area contributed by atoms with Crippen molar-refractivity contribution in [2.45, 2.75) is 122 Å². The number of hydrogen-bond acceptors (Lipinski definition) is 1. The third-order valence-electron chi connectivity index (χ3n) is 4.65. The van der Waals surface area contributed by atoms with Crippen LogP contribution in [0.3, 0.4) is 0 Å². The molecule has 0 aromatic carbocycles. The quantitative estimate of drug-likeness (QED) is 0.194. The molecule has 1 N–H and O–H groups in total. The molecule has 0 rings (SSSR count). The van der Waals surface area contributed by atoms with Gasteiger partial charge in [0.15, 0.2) is 0 Å². The van der Waals surface area contributed by atoms with Gasteiger partial charge in [0.2, 0.25) is 0 Å². The molecule has 0 fully saturated rings. The Bertz CT molecular complexity index is 284. The molecule has 0 aliphatic rings. The van der Waals surface area contributed by atoms with Crippen molar-refractivity contribution in [1.29, 1.82) is 0 Å². The van der Waals surface area contributed by atoms with E-state index in [9.17, 15) is 4.79 Å². The maximum atomic E-state index is 10.4. The van der Waals surface area contributed by atoms with E-state index in [-0.39, 0.29) is 0 Å². The van der Waals surface area contributed by atoms with Crippen molar-refractivity contribution in [3.05, 3.63) is 12.2 Å². The Hall–Kier alpha value is -0.790. The lowest BCUT2D eigenvalue weighted by Gasteiger charge is -2.01. The van der Waals surface area contributed by atoms with Crippen molar-refractivity contribution in [2.24, 2.45) is 0 Å². The minimum absolute atomic E-state index is 0.340. The van der Waals surface area contributed by atoms with Crippen LogP contribution in [0, 0.1) is 0 Å². The average Bonchev–Trinajstić information content (AvgIpc) is 2.56. The highest BCUT2D eigenvalue weighted by Gasteiger charge is 1.96. The van der Waals surface area contributed by atoms with Gasteiger partial charge in [-0.25, -0.2) is 0 Å². The molecule has 0 atom stereocenters. The lowest BCUT2D eigenvalue weighted by Crippen LogP contribution is -1.93. The first-order chi connectivity index (χ1) is 11.8. The summed E-state index contributed by atoms with van der Waals surface area (Å²) in [6.07, 6.45) is 27.1. The highest BCUT2D eigenvalue weighted by Crippen LogP contribution is 2.12. The minimum atomic E-state index is -0.656. The summed E-state index contributed by atoms with van der Waals surface area (Å²) in [6.45, 7) is 2.27. The van der Waals surface area contributed by atoms with Crippen molar-refractivity contribution in [1.82, 2.24) is 0 Å². The van der Waals surface area contributed by atoms with Gasteiger partial charge >= 0.3 is 5.97 Å². The first kappa shape index (κ1) is 23.2.